The Morgan fingerprint density at radius 2 is 1.41 bits per heavy atom. The quantitative estimate of drug-likeness (QED) is 0.769. The van der Waals surface area contributed by atoms with Crippen molar-refractivity contribution in [1.29, 1.82) is 0 Å². The zero-order chi connectivity index (χ0) is 19.3. The second-order valence-electron chi connectivity index (χ2n) is 6.95. The molecule has 0 spiro atoms. The lowest BCUT2D eigenvalue weighted by Gasteiger charge is -2.34. The fraction of sp³-hybridized carbons (Fsp3) is 0.381. The van der Waals surface area contributed by atoms with Gasteiger partial charge >= 0.3 is 6.18 Å². The van der Waals surface area contributed by atoms with E-state index in [4.69, 9.17) is 0 Å². The summed E-state index contributed by atoms with van der Waals surface area (Å²) >= 11 is 0. The van der Waals surface area contributed by atoms with Crippen molar-refractivity contribution in [2.24, 2.45) is 0 Å². The molecular formula is C21H23F3N2O. The van der Waals surface area contributed by atoms with E-state index in [1.165, 1.54) is 17.7 Å². The van der Waals surface area contributed by atoms with Gasteiger partial charge in [0.05, 0.1) is 12.1 Å². The van der Waals surface area contributed by atoms with Gasteiger partial charge in [0.1, 0.15) is 0 Å². The van der Waals surface area contributed by atoms with Gasteiger partial charge in [-0.05, 0) is 23.3 Å². The Bertz CT molecular complexity index is 736. The van der Waals surface area contributed by atoms with E-state index < -0.39 is 11.7 Å². The standard InChI is InChI=1S/C21H23F3N2O/c22-21(23,24)19-8-6-17(7-9-19)14-20(27)16-26-12-10-25(11-13-26)15-18-4-2-1-3-5-18/h1-9H,10-16H2. The van der Waals surface area contributed by atoms with Crippen LogP contribution in [0, 0.1) is 0 Å². The first-order chi connectivity index (χ1) is 12.9. The van der Waals surface area contributed by atoms with Crippen LogP contribution in [0.2, 0.25) is 0 Å². The lowest BCUT2D eigenvalue weighted by molar-refractivity contribution is -0.137. The van der Waals surface area contributed by atoms with Gasteiger partial charge in [0.2, 0.25) is 0 Å². The number of carbonyl (C=O) groups excluding carboxylic acids is 1. The largest absolute Gasteiger partial charge is 0.416 e. The summed E-state index contributed by atoms with van der Waals surface area (Å²) in [5, 5.41) is 0. The number of carbonyl (C=O) groups is 1. The van der Waals surface area contributed by atoms with E-state index >= 15 is 0 Å². The van der Waals surface area contributed by atoms with Gasteiger partial charge < -0.3 is 0 Å². The molecule has 0 saturated carbocycles. The zero-order valence-electron chi connectivity index (χ0n) is 15.1. The highest BCUT2D eigenvalue weighted by atomic mass is 19.4. The third-order valence-corrected chi connectivity index (χ3v) is 4.80. The molecule has 0 aliphatic carbocycles. The van der Waals surface area contributed by atoms with E-state index in [0.29, 0.717) is 12.1 Å². The van der Waals surface area contributed by atoms with E-state index in [9.17, 15) is 18.0 Å². The molecule has 3 rings (SSSR count). The number of piperazine rings is 1. The van der Waals surface area contributed by atoms with Crippen molar-refractivity contribution in [3.63, 3.8) is 0 Å². The Balaban J connectivity index is 1.43. The zero-order valence-corrected chi connectivity index (χ0v) is 15.1. The Labute approximate surface area is 157 Å². The van der Waals surface area contributed by atoms with Crippen LogP contribution in [0.15, 0.2) is 54.6 Å². The highest BCUT2D eigenvalue weighted by Gasteiger charge is 2.30. The number of halogens is 3. The Kier molecular flexibility index (Phi) is 6.29. The van der Waals surface area contributed by atoms with Crippen molar-refractivity contribution >= 4 is 5.78 Å². The first kappa shape index (κ1) is 19.6. The fourth-order valence-corrected chi connectivity index (χ4v) is 3.29. The Hall–Kier alpha value is -2.18. The average molecular weight is 376 g/mol. The van der Waals surface area contributed by atoms with Crippen LogP contribution in [-0.2, 0) is 23.9 Å². The van der Waals surface area contributed by atoms with Gasteiger partial charge in [-0.3, -0.25) is 14.6 Å². The maximum Gasteiger partial charge on any atom is 0.416 e. The van der Waals surface area contributed by atoms with Gasteiger partial charge in [0.25, 0.3) is 0 Å². The molecule has 144 valence electrons. The molecule has 0 atom stereocenters. The summed E-state index contributed by atoms with van der Waals surface area (Å²) in [6.45, 7) is 4.72. The van der Waals surface area contributed by atoms with E-state index in [1.807, 2.05) is 18.2 Å². The number of ketones is 1. The predicted molar refractivity (Wildman–Crippen MR) is 98.3 cm³/mol. The van der Waals surface area contributed by atoms with Gasteiger partial charge in [-0.1, -0.05) is 42.5 Å². The Morgan fingerprint density at radius 3 is 2.00 bits per heavy atom. The van der Waals surface area contributed by atoms with Gasteiger partial charge in [0.15, 0.2) is 5.78 Å². The predicted octanol–water partition coefficient (Wildman–Crippen LogP) is 3.63. The minimum Gasteiger partial charge on any atom is -0.298 e. The number of nitrogens with zero attached hydrogens (tertiary/aromatic N) is 2. The number of Topliss-reactive ketones (excluding diaryl/α,β-unsaturated/α-hetero) is 1. The highest BCUT2D eigenvalue weighted by Crippen LogP contribution is 2.29. The molecule has 1 saturated heterocycles. The van der Waals surface area contributed by atoms with E-state index in [-0.39, 0.29) is 12.2 Å². The van der Waals surface area contributed by atoms with Crippen LogP contribution in [0.4, 0.5) is 13.2 Å². The molecule has 2 aromatic carbocycles. The second-order valence-corrected chi connectivity index (χ2v) is 6.95. The maximum absolute atomic E-state index is 12.6. The molecule has 1 aliphatic rings. The Morgan fingerprint density at radius 1 is 0.815 bits per heavy atom. The third kappa shape index (κ3) is 5.91. The van der Waals surface area contributed by atoms with Crippen LogP contribution >= 0.6 is 0 Å². The van der Waals surface area contributed by atoms with Gasteiger partial charge in [-0.15, -0.1) is 0 Å². The molecule has 1 aliphatic heterocycles. The fourth-order valence-electron chi connectivity index (χ4n) is 3.29. The minimum absolute atomic E-state index is 0.0336. The van der Waals surface area contributed by atoms with Crippen LogP contribution in [-0.4, -0.2) is 48.3 Å². The van der Waals surface area contributed by atoms with Crippen LogP contribution in [0.3, 0.4) is 0 Å². The highest BCUT2D eigenvalue weighted by molar-refractivity contribution is 5.82. The minimum atomic E-state index is -4.35. The summed E-state index contributed by atoms with van der Waals surface area (Å²) in [6, 6.07) is 15.1. The van der Waals surface area contributed by atoms with Crippen LogP contribution in [0.25, 0.3) is 0 Å². The monoisotopic (exact) mass is 376 g/mol. The molecule has 0 N–H and O–H groups in total. The molecule has 27 heavy (non-hydrogen) atoms. The summed E-state index contributed by atoms with van der Waals surface area (Å²) in [6.07, 6.45) is -4.18. The molecule has 6 heteroatoms. The van der Waals surface area contributed by atoms with Gasteiger partial charge in [0, 0.05) is 39.1 Å². The molecular weight excluding hydrogens is 353 g/mol. The van der Waals surface area contributed by atoms with Crippen molar-refractivity contribution in [2.75, 3.05) is 32.7 Å². The van der Waals surface area contributed by atoms with Crippen LogP contribution in [0.5, 0.6) is 0 Å². The number of hydrogen-bond acceptors (Lipinski definition) is 3. The number of benzene rings is 2. The van der Waals surface area contributed by atoms with Crippen molar-refractivity contribution in [2.45, 2.75) is 19.1 Å². The van der Waals surface area contributed by atoms with Crippen molar-refractivity contribution < 1.29 is 18.0 Å². The third-order valence-electron chi connectivity index (χ3n) is 4.80. The lowest BCUT2D eigenvalue weighted by Crippen LogP contribution is -2.47. The molecule has 3 nitrogen and oxygen atoms in total. The molecule has 0 amide bonds. The first-order valence-electron chi connectivity index (χ1n) is 9.06. The summed E-state index contributed by atoms with van der Waals surface area (Å²) in [5.41, 5.74) is 1.22. The van der Waals surface area contributed by atoms with E-state index in [0.717, 1.165) is 44.9 Å². The first-order valence-corrected chi connectivity index (χ1v) is 9.06. The lowest BCUT2D eigenvalue weighted by atomic mass is 10.1. The molecule has 0 aromatic heterocycles. The molecule has 0 bridgehead atoms. The van der Waals surface area contributed by atoms with Crippen molar-refractivity contribution in [1.82, 2.24) is 9.80 Å². The van der Waals surface area contributed by atoms with Crippen molar-refractivity contribution in [3.8, 4) is 0 Å². The molecule has 2 aromatic rings. The number of hydrogen-bond donors (Lipinski definition) is 0. The number of rotatable bonds is 6. The van der Waals surface area contributed by atoms with Crippen molar-refractivity contribution in [3.05, 3.63) is 71.3 Å². The summed E-state index contributed by atoms with van der Waals surface area (Å²) < 4.78 is 37.7. The van der Waals surface area contributed by atoms with Gasteiger partial charge in [-0.25, -0.2) is 0 Å². The topological polar surface area (TPSA) is 23.6 Å². The summed E-state index contributed by atoms with van der Waals surface area (Å²) in [7, 11) is 0. The molecule has 1 heterocycles. The summed E-state index contributed by atoms with van der Waals surface area (Å²) in [4.78, 5) is 16.7. The second kappa shape index (κ2) is 8.67. The average Bonchev–Trinajstić information content (AvgIpc) is 2.64. The smallest absolute Gasteiger partial charge is 0.298 e. The normalized spacial score (nSPS) is 16.4. The molecule has 0 unspecified atom stereocenters. The van der Waals surface area contributed by atoms with Crippen LogP contribution < -0.4 is 0 Å². The molecule has 1 fully saturated rings. The maximum atomic E-state index is 12.6. The summed E-state index contributed by atoms with van der Waals surface area (Å²) in [5.74, 6) is 0.0336. The van der Waals surface area contributed by atoms with E-state index in [1.54, 1.807) is 0 Å². The van der Waals surface area contributed by atoms with Crippen LogP contribution in [0.1, 0.15) is 16.7 Å². The SMILES string of the molecule is O=C(Cc1ccc(C(F)(F)F)cc1)CN1CCN(Cc2ccccc2)CC1. The van der Waals surface area contributed by atoms with Gasteiger partial charge in [-0.2, -0.15) is 13.2 Å². The molecule has 0 radical (unpaired) electrons. The van der Waals surface area contributed by atoms with E-state index in [2.05, 4.69) is 21.9 Å². The number of alkyl halides is 3.